The third-order valence-electron chi connectivity index (χ3n) is 4.03. The minimum atomic E-state index is 0.681. The number of aromatic amines is 1. The van der Waals surface area contributed by atoms with Crippen LogP contribution in [0.15, 0.2) is 24.5 Å². The molecular formula is C15H21N3. The number of H-pyrrole nitrogens is 1. The number of pyridine rings is 1. The van der Waals surface area contributed by atoms with Crippen molar-refractivity contribution in [3.8, 4) is 0 Å². The van der Waals surface area contributed by atoms with E-state index in [-0.39, 0.29) is 0 Å². The molecule has 3 heteroatoms. The summed E-state index contributed by atoms with van der Waals surface area (Å²) in [7, 11) is 0. The van der Waals surface area contributed by atoms with Crippen LogP contribution >= 0.6 is 0 Å². The van der Waals surface area contributed by atoms with Crippen LogP contribution in [0.2, 0.25) is 0 Å². The maximum atomic E-state index is 4.47. The maximum absolute atomic E-state index is 4.47. The van der Waals surface area contributed by atoms with E-state index in [4.69, 9.17) is 0 Å². The Hall–Kier alpha value is -1.35. The third-order valence-corrected chi connectivity index (χ3v) is 4.03. The molecule has 0 unspecified atom stereocenters. The zero-order valence-corrected chi connectivity index (χ0v) is 11.2. The van der Waals surface area contributed by atoms with Crippen molar-refractivity contribution in [3.63, 3.8) is 0 Å². The summed E-state index contributed by atoms with van der Waals surface area (Å²) in [6, 6.07) is 5.05. The van der Waals surface area contributed by atoms with Gasteiger partial charge in [-0.05, 0) is 56.8 Å². The summed E-state index contributed by atoms with van der Waals surface area (Å²) in [5.74, 6) is 0.797. The van der Waals surface area contributed by atoms with Crippen LogP contribution in [-0.2, 0) is 6.42 Å². The molecule has 0 saturated carbocycles. The molecule has 0 radical (unpaired) electrons. The van der Waals surface area contributed by atoms with Crippen molar-refractivity contribution < 1.29 is 0 Å². The molecule has 3 heterocycles. The van der Waals surface area contributed by atoms with E-state index in [1.807, 2.05) is 12.4 Å². The SMILES string of the molecule is CC(C)N1CC[C@H](Cc2cnc3[nH]ccc3c2)C1. The number of fused-ring (bicyclic) bond motifs is 1. The van der Waals surface area contributed by atoms with Gasteiger partial charge in [0, 0.05) is 30.4 Å². The van der Waals surface area contributed by atoms with Crippen molar-refractivity contribution in [2.75, 3.05) is 13.1 Å². The fourth-order valence-electron chi connectivity index (χ4n) is 2.93. The van der Waals surface area contributed by atoms with Gasteiger partial charge >= 0.3 is 0 Å². The Labute approximate surface area is 108 Å². The zero-order chi connectivity index (χ0) is 12.5. The molecule has 1 fully saturated rings. The van der Waals surface area contributed by atoms with Gasteiger partial charge in [0.15, 0.2) is 0 Å². The van der Waals surface area contributed by atoms with E-state index in [1.54, 1.807) is 0 Å². The molecule has 2 aromatic rings. The van der Waals surface area contributed by atoms with Crippen LogP contribution in [0, 0.1) is 5.92 Å². The molecule has 0 aliphatic carbocycles. The fraction of sp³-hybridized carbons (Fsp3) is 0.533. The smallest absolute Gasteiger partial charge is 0.137 e. The Bertz CT molecular complexity index is 529. The Morgan fingerprint density at radius 2 is 2.39 bits per heavy atom. The average molecular weight is 243 g/mol. The summed E-state index contributed by atoms with van der Waals surface area (Å²) >= 11 is 0. The predicted molar refractivity (Wildman–Crippen MR) is 74.6 cm³/mol. The van der Waals surface area contributed by atoms with E-state index >= 15 is 0 Å². The molecule has 1 saturated heterocycles. The Morgan fingerprint density at radius 1 is 1.50 bits per heavy atom. The predicted octanol–water partition coefficient (Wildman–Crippen LogP) is 2.84. The van der Waals surface area contributed by atoms with Crippen molar-refractivity contribution in [3.05, 3.63) is 30.1 Å². The second kappa shape index (κ2) is 4.73. The Morgan fingerprint density at radius 3 is 3.17 bits per heavy atom. The van der Waals surface area contributed by atoms with E-state index in [0.717, 1.165) is 18.0 Å². The molecular weight excluding hydrogens is 222 g/mol. The second-order valence-electron chi connectivity index (χ2n) is 5.71. The summed E-state index contributed by atoms with van der Waals surface area (Å²) in [5.41, 5.74) is 2.37. The molecule has 2 aromatic heterocycles. The molecule has 3 nitrogen and oxygen atoms in total. The minimum Gasteiger partial charge on any atom is -0.346 e. The van der Waals surface area contributed by atoms with Crippen LogP contribution in [-0.4, -0.2) is 34.0 Å². The monoisotopic (exact) mass is 243 g/mol. The van der Waals surface area contributed by atoms with Crippen molar-refractivity contribution in [2.45, 2.75) is 32.7 Å². The Balaban J connectivity index is 1.69. The Kier molecular flexibility index (Phi) is 3.08. The number of hydrogen-bond donors (Lipinski definition) is 1. The molecule has 0 amide bonds. The van der Waals surface area contributed by atoms with Crippen molar-refractivity contribution in [1.29, 1.82) is 0 Å². The number of rotatable bonds is 3. The normalized spacial score (nSPS) is 21.2. The topological polar surface area (TPSA) is 31.9 Å². The lowest BCUT2D eigenvalue weighted by Crippen LogP contribution is -2.28. The van der Waals surface area contributed by atoms with Crippen LogP contribution in [0.4, 0.5) is 0 Å². The molecule has 1 aliphatic heterocycles. The summed E-state index contributed by atoms with van der Waals surface area (Å²) in [5, 5.41) is 1.23. The van der Waals surface area contributed by atoms with Crippen LogP contribution in [0.3, 0.4) is 0 Å². The van der Waals surface area contributed by atoms with Crippen molar-refractivity contribution in [1.82, 2.24) is 14.9 Å². The molecule has 3 rings (SSSR count). The lowest BCUT2D eigenvalue weighted by Gasteiger charge is -2.20. The maximum Gasteiger partial charge on any atom is 0.137 e. The van der Waals surface area contributed by atoms with Crippen LogP contribution in [0.25, 0.3) is 11.0 Å². The van der Waals surface area contributed by atoms with Crippen molar-refractivity contribution >= 4 is 11.0 Å². The molecule has 0 bridgehead atoms. The molecule has 18 heavy (non-hydrogen) atoms. The first-order valence-corrected chi connectivity index (χ1v) is 6.88. The number of aromatic nitrogens is 2. The van der Waals surface area contributed by atoms with E-state index in [9.17, 15) is 0 Å². The average Bonchev–Trinajstić information content (AvgIpc) is 2.96. The molecule has 0 aromatic carbocycles. The van der Waals surface area contributed by atoms with Gasteiger partial charge in [-0.1, -0.05) is 0 Å². The summed E-state index contributed by atoms with van der Waals surface area (Å²) < 4.78 is 0. The molecule has 1 aliphatic rings. The summed E-state index contributed by atoms with van der Waals surface area (Å²) in [4.78, 5) is 10.2. The van der Waals surface area contributed by atoms with Gasteiger partial charge in [0.1, 0.15) is 5.65 Å². The van der Waals surface area contributed by atoms with Gasteiger partial charge in [-0.25, -0.2) is 4.98 Å². The number of nitrogens with one attached hydrogen (secondary N) is 1. The third kappa shape index (κ3) is 2.27. The minimum absolute atomic E-state index is 0.681. The first-order chi connectivity index (χ1) is 8.72. The number of nitrogens with zero attached hydrogens (tertiary/aromatic N) is 2. The largest absolute Gasteiger partial charge is 0.346 e. The second-order valence-corrected chi connectivity index (χ2v) is 5.71. The van der Waals surface area contributed by atoms with Gasteiger partial charge in [0.2, 0.25) is 0 Å². The number of likely N-dealkylation sites (tertiary alicyclic amines) is 1. The fourth-order valence-corrected chi connectivity index (χ4v) is 2.93. The van der Waals surface area contributed by atoms with Crippen LogP contribution < -0.4 is 0 Å². The van der Waals surface area contributed by atoms with Gasteiger partial charge in [-0.3, -0.25) is 0 Å². The van der Waals surface area contributed by atoms with E-state index in [2.05, 4.69) is 40.8 Å². The van der Waals surface area contributed by atoms with E-state index in [1.165, 1.54) is 30.5 Å². The highest BCUT2D eigenvalue weighted by Gasteiger charge is 2.24. The molecule has 1 N–H and O–H groups in total. The van der Waals surface area contributed by atoms with Gasteiger partial charge in [0.05, 0.1) is 0 Å². The van der Waals surface area contributed by atoms with Gasteiger partial charge < -0.3 is 9.88 Å². The zero-order valence-electron chi connectivity index (χ0n) is 11.2. The highest BCUT2D eigenvalue weighted by Crippen LogP contribution is 2.23. The first-order valence-electron chi connectivity index (χ1n) is 6.88. The van der Waals surface area contributed by atoms with Gasteiger partial charge in [-0.2, -0.15) is 0 Å². The summed E-state index contributed by atoms with van der Waals surface area (Å²) in [6.45, 7) is 7.07. The molecule has 1 atom stereocenters. The van der Waals surface area contributed by atoms with Crippen molar-refractivity contribution in [2.24, 2.45) is 5.92 Å². The highest BCUT2D eigenvalue weighted by molar-refractivity contribution is 5.75. The standard InChI is InChI=1S/C15H21N3/c1-11(2)18-6-4-12(10-18)7-13-8-14-3-5-16-15(14)17-9-13/h3,5,8-9,11-12H,4,6-7,10H2,1-2H3,(H,16,17)/t12-/m1/s1. The lowest BCUT2D eigenvalue weighted by molar-refractivity contribution is 0.265. The van der Waals surface area contributed by atoms with E-state index in [0.29, 0.717) is 6.04 Å². The molecule has 96 valence electrons. The van der Waals surface area contributed by atoms with Crippen LogP contribution in [0.1, 0.15) is 25.8 Å². The van der Waals surface area contributed by atoms with Crippen LogP contribution in [0.5, 0.6) is 0 Å². The summed E-state index contributed by atoms with van der Waals surface area (Å²) in [6.07, 6.45) is 6.47. The molecule has 0 spiro atoms. The van der Waals surface area contributed by atoms with Gasteiger partial charge in [0.25, 0.3) is 0 Å². The van der Waals surface area contributed by atoms with E-state index < -0.39 is 0 Å². The lowest BCUT2D eigenvalue weighted by atomic mass is 9.99. The first kappa shape index (κ1) is 11.7. The highest BCUT2D eigenvalue weighted by atomic mass is 15.2. The quantitative estimate of drug-likeness (QED) is 0.899. The number of hydrogen-bond acceptors (Lipinski definition) is 2. The van der Waals surface area contributed by atoms with Gasteiger partial charge in [-0.15, -0.1) is 0 Å².